The van der Waals surface area contributed by atoms with Crippen LogP contribution in [0.1, 0.15) is 11.7 Å². The molecule has 2 aromatic heterocycles. The van der Waals surface area contributed by atoms with Crippen molar-refractivity contribution >= 4 is 5.91 Å². The van der Waals surface area contributed by atoms with Crippen molar-refractivity contribution in [3.63, 3.8) is 0 Å². The highest BCUT2D eigenvalue weighted by atomic mass is 16.6. The first-order valence-electron chi connectivity index (χ1n) is 8.68. The number of carbonyl (C=O) groups excluding carboxylic acids is 1. The Morgan fingerprint density at radius 2 is 1.93 bits per heavy atom. The Labute approximate surface area is 154 Å². The van der Waals surface area contributed by atoms with Crippen LogP contribution in [-0.2, 0) is 11.3 Å². The van der Waals surface area contributed by atoms with Gasteiger partial charge in [0, 0.05) is 13.1 Å². The van der Waals surface area contributed by atoms with E-state index in [2.05, 4.69) is 20.5 Å². The molecular formula is C17H17N7O3. The van der Waals surface area contributed by atoms with E-state index in [1.54, 1.807) is 32.8 Å². The smallest absolute Gasteiger partial charge is 0.267 e. The molecule has 1 atom stereocenters. The number of fused-ring (bicyclic) bond motifs is 1. The number of hydrogen-bond donors (Lipinski definition) is 0. The van der Waals surface area contributed by atoms with Crippen molar-refractivity contribution in [2.75, 3.05) is 19.7 Å². The third kappa shape index (κ3) is 2.98. The minimum atomic E-state index is -0.613. The average Bonchev–Trinajstić information content (AvgIpc) is 3.33. The number of nitrogens with zero attached hydrogens (tertiary/aromatic N) is 7. The molecule has 0 N–H and O–H groups in total. The first-order valence-corrected chi connectivity index (χ1v) is 8.68. The minimum Gasteiger partial charge on any atom is -0.485 e. The van der Waals surface area contributed by atoms with E-state index in [0.29, 0.717) is 31.1 Å². The Balaban J connectivity index is 1.18. The van der Waals surface area contributed by atoms with Crippen LogP contribution in [0.15, 0.2) is 42.9 Å². The van der Waals surface area contributed by atoms with Crippen LogP contribution in [0.5, 0.6) is 11.5 Å². The fourth-order valence-corrected chi connectivity index (χ4v) is 3.18. The average molecular weight is 367 g/mol. The van der Waals surface area contributed by atoms with Gasteiger partial charge in [-0.25, -0.2) is 4.68 Å². The Kier molecular flexibility index (Phi) is 3.73. The van der Waals surface area contributed by atoms with Gasteiger partial charge >= 0.3 is 0 Å². The van der Waals surface area contributed by atoms with Crippen LogP contribution >= 0.6 is 0 Å². The molecule has 1 unspecified atom stereocenters. The van der Waals surface area contributed by atoms with E-state index in [9.17, 15) is 4.79 Å². The second kappa shape index (κ2) is 6.38. The lowest BCUT2D eigenvalue weighted by molar-refractivity contribution is -0.147. The fourth-order valence-electron chi connectivity index (χ4n) is 3.18. The standard InChI is InChI=1S/C17H17N7O3/c25-17(16-11-26-14-3-1-2-4-15(14)27-16)22-9-13(10-22)23-7-12(20-21-23)8-24-18-5-6-19-24/h1-7,13,16H,8-11H2. The molecule has 27 heavy (non-hydrogen) atoms. The minimum absolute atomic E-state index is 0.0677. The molecule has 0 radical (unpaired) electrons. The Bertz CT molecular complexity index is 949. The molecule has 1 amide bonds. The maximum Gasteiger partial charge on any atom is 0.267 e. The summed E-state index contributed by atoms with van der Waals surface area (Å²) in [7, 11) is 0. The molecule has 2 aliphatic heterocycles. The van der Waals surface area contributed by atoms with Crippen molar-refractivity contribution in [1.29, 1.82) is 0 Å². The lowest BCUT2D eigenvalue weighted by Gasteiger charge is -2.41. The summed E-state index contributed by atoms with van der Waals surface area (Å²) in [5.74, 6) is 1.21. The molecule has 0 bridgehead atoms. The number of ether oxygens (including phenoxy) is 2. The predicted octanol–water partition coefficient (Wildman–Crippen LogP) is 0.141. The zero-order chi connectivity index (χ0) is 18.2. The zero-order valence-electron chi connectivity index (χ0n) is 14.4. The molecule has 10 nitrogen and oxygen atoms in total. The zero-order valence-corrected chi connectivity index (χ0v) is 14.4. The Hall–Kier alpha value is -3.43. The third-order valence-corrected chi connectivity index (χ3v) is 4.66. The molecule has 2 aliphatic rings. The summed E-state index contributed by atoms with van der Waals surface area (Å²) in [6.45, 7) is 1.84. The lowest BCUT2D eigenvalue weighted by Crippen LogP contribution is -2.56. The molecule has 1 fully saturated rings. The van der Waals surface area contributed by atoms with Gasteiger partial charge in [0.15, 0.2) is 11.5 Å². The SMILES string of the molecule is O=C(C1COc2ccccc2O1)N1CC(n2cc(Cn3nccn3)nn2)C1. The van der Waals surface area contributed by atoms with Gasteiger partial charge in [-0.1, -0.05) is 17.3 Å². The molecule has 1 saturated heterocycles. The van der Waals surface area contributed by atoms with Crippen molar-refractivity contribution in [3.05, 3.63) is 48.5 Å². The highest BCUT2D eigenvalue weighted by Crippen LogP contribution is 2.32. The monoisotopic (exact) mass is 367 g/mol. The summed E-state index contributed by atoms with van der Waals surface area (Å²) in [6, 6.07) is 7.47. The molecule has 0 saturated carbocycles. The van der Waals surface area contributed by atoms with E-state index < -0.39 is 6.10 Å². The normalized spacial score (nSPS) is 19.0. The van der Waals surface area contributed by atoms with E-state index in [1.165, 1.54) is 0 Å². The molecule has 1 aromatic carbocycles. The third-order valence-electron chi connectivity index (χ3n) is 4.66. The molecule has 0 spiro atoms. The van der Waals surface area contributed by atoms with Crippen LogP contribution in [0.2, 0.25) is 0 Å². The van der Waals surface area contributed by atoms with Crippen molar-refractivity contribution < 1.29 is 14.3 Å². The van der Waals surface area contributed by atoms with Gasteiger partial charge in [0.25, 0.3) is 5.91 Å². The van der Waals surface area contributed by atoms with E-state index in [1.807, 2.05) is 24.4 Å². The summed E-state index contributed by atoms with van der Waals surface area (Å²) in [5.41, 5.74) is 0.775. The van der Waals surface area contributed by atoms with Crippen LogP contribution < -0.4 is 9.47 Å². The summed E-state index contributed by atoms with van der Waals surface area (Å²) in [4.78, 5) is 15.9. The number of carbonyl (C=O) groups is 1. The van der Waals surface area contributed by atoms with Gasteiger partial charge in [0.1, 0.15) is 18.8 Å². The molecular weight excluding hydrogens is 350 g/mol. The highest BCUT2D eigenvalue weighted by Gasteiger charge is 2.38. The summed E-state index contributed by atoms with van der Waals surface area (Å²) in [5, 5.41) is 16.4. The quantitative estimate of drug-likeness (QED) is 0.647. The van der Waals surface area contributed by atoms with Crippen molar-refractivity contribution in [3.8, 4) is 11.5 Å². The van der Waals surface area contributed by atoms with Gasteiger partial charge < -0.3 is 14.4 Å². The molecule has 10 heteroatoms. The number of aromatic nitrogens is 6. The summed E-state index contributed by atoms with van der Waals surface area (Å²) in [6.07, 6.45) is 4.50. The van der Waals surface area contributed by atoms with Crippen LogP contribution in [0.3, 0.4) is 0 Å². The van der Waals surface area contributed by atoms with Crippen LogP contribution in [-0.4, -0.2) is 66.6 Å². The Morgan fingerprint density at radius 1 is 1.15 bits per heavy atom. The molecule has 3 aromatic rings. The molecule has 4 heterocycles. The van der Waals surface area contributed by atoms with E-state index >= 15 is 0 Å². The van der Waals surface area contributed by atoms with Gasteiger partial charge in [0.05, 0.1) is 24.6 Å². The van der Waals surface area contributed by atoms with E-state index in [0.717, 1.165) is 5.69 Å². The number of para-hydroxylation sites is 2. The van der Waals surface area contributed by atoms with Crippen molar-refractivity contribution in [2.45, 2.75) is 18.7 Å². The van der Waals surface area contributed by atoms with E-state index in [-0.39, 0.29) is 18.6 Å². The summed E-state index contributed by atoms with van der Waals surface area (Å²) < 4.78 is 13.2. The number of likely N-dealkylation sites (tertiary alicyclic amines) is 1. The maximum atomic E-state index is 12.6. The largest absolute Gasteiger partial charge is 0.485 e. The topological polar surface area (TPSA) is 100 Å². The van der Waals surface area contributed by atoms with Crippen LogP contribution in [0.4, 0.5) is 0 Å². The number of benzene rings is 1. The second-order valence-corrected chi connectivity index (χ2v) is 6.51. The highest BCUT2D eigenvalue weighted by molar-refractivity contribution is 5.82. The maximum absolute atomic E-state index is 12.6. The first kappa shape index (κ1) is 15.8. The van der Waals surface area contributed by atoms with Gasteiger partial charge in [-0.05, 0) is 12.1 Å². The molecule has 5 rings (SSSR count). The summed E-state index contributed by atoms with van der Waals surface area (Å²) >= 11 is 0. The lowest BCUT2D eigenvalue weighted by atomic mass is 10.1. The van der Waals surface area contributed by atoms with Crippen molar-refractivity contribution in [1.82, 2.24) is 34.9 Å². The van der Waals surface area contributed by atoms with Crippen molar-refractivity contribution in [2.24, 2.45) is 0 Å². The van der Waals surface area contributed by atoms with E-state index in [4.69, 9.17) is 9.47 Å². The van der Waals surface area contributed by atoms with Gasteiger partial charge in [-0.2, -0.15) is 15.0 Å². The molecule has 138 valence electrons. The first-order chi connectivity index (χ1) is 13.3. The fraction of sp³-hybridized carbons (Fsp3) is 0.353. The van der Waals surface area contributed by atoms with Gasteiger partial charge in [-0.15, -0.1) is 5.10 Å². The number of hydrogen-bond acceptors (Lipinski definition) is 7. The van der Waals surface area contributed by atoms with Crippen LogP contribution in [0, 0.1) is 0 Å². The second-order valence-electron chi connectivity index (χ2n) is 6.51. The number of rotatable bonds is 4. The van der Waals surface area contributed by atoms with Gasteiger partial charge in [0.2, 0.25) is 6.10 Å². The van der Waals surface area contributed by atoms with Gasteiger partial charge in [-0.3, -0.25) is 4.79 Å². The van der Waals surface area contributed by atoms with Crippen LogP contribution in [0.25, 0.3) is 0 Å². The number of amides is 1. The molecule has 0 aliphatic carbocycles. The Morgan fingerprint density at radius 3 is 2.74 bits per heavy atom. The predicted molar refractivity (Wildman–Crippen MR) is 91.1 cm³/mol.